The third kappa shape index (κ3) is 4.56. The van der Waals surface area contributed by atoms with Crippen LogP contribution in [0.4, 0.5) is 0 Å². The van der Waals surface area contributed by atoms with Gasteiger partial charge in [-0.2, -0.15) is 0 Å². The summed E-state index contributed by atoms with van der Waals surface area (Å²) in [7, 11) is 0. The number of pyridine rings is 1. The van der Waals surface area contributed by atoms with Gasteiger partial charge in [0, 0.05) is 31.1 Å². The molecule has 0 saturated carbocycles. The maximum atomic E-state index is 12.4. The molecule has 21 heavy (non-hydrogen) atoms. The molecular formula is C18H20N2O. The Morgan fingerprint density at radius 3 is 2.57 bits per heavy atom. The third-order valence-corrected chi connectivity index (χ3v) is 3.20. The number of hydrogen-bond acceptors (Lipinski definition) is 2. The summed E-state index contributed by atoms with van der Waals surface area (Å²) in [5.41, 5.74) is 2.06. The van der Waals surface area contributed by atoms with Crippen molar-refractivity contribution in [3.05, 3.63) is 72.1 Å². The molecule has 3 heteroatoms. The molecule has 3 nitrogen and oxygen atoms in total. The molecule has 0 aliphatic heterocycles. The maximum Gasteiger partial charge on any atom is 0.247 e. The van der Waals surface area contributed by atoms with Crippen LogP contribution < -0.4 is 0 Å². The Hall–Kier alpha value is -2.42. The van der Waals surface area contributed by atoms with E-state index in [2.05, 4.69) is 4.98 Å². The van der Waals surface area contributed by atoms with Crippen LogP contribution in [0, 0.1) is 0 Å². The summed E-state index contributed by atoms with van der Waals surface area (Å²) in [4.78, 5) is 18.3. The number of benzene rings is 1. The second kappa shape index (κ2) is 7.39. The lowest BCUT2D eigenvalue weighted by atomic mass is 10.2. The van der Waals surface area contributed by atoms with Crippen molar-refractivity contribution in [1.29, 1.82) is 0 Å². The first-order chi connectivity index (χ1) is 10.2. The molecule has 0 aliphatic rings. The van der Waals surface area contributed by atoms with Gasteiger partial charge in [-0.1, -0.05) is 36.4 Å². The highest BCUT2D eigenvalue weighted by Gasteiger charge is 2.14. The quantitative estimate of drug-likeness (QED) is 0.785. The van der Waals surface area contributed by atoms with E-state index in [0.717, 1.165) is 11.1 Å². The minimum absolute atomic E-state index is 0.0118. The average Bonchev–Trinajstić information content (AvgIpc) is 2.52. The largest absolute Gasteiger partial charge is 0.332 e. The van der Waals surface area contributed by atoms with Gasteiger partial charge in [0.25, 0.3) is 0 Å². The third-order valence-electron chi connectivity index (χ3n) is 3.20. The van der Waals surface area contributed by atoms with E-state index in [1.807, 2.05) is 67.3 Å². The Labute approximate surface area is 125 Å². The first-order valence-corrected chi connectivity index (χ1v) is 7.09. The van der Waals surface area contributed by atoms with E-state index in [0.29, 0.717) is 6.54 Å². The first-order valence-electron chi connectivity index (χ1n) is 7.09. The number of rotatable bonds is 5. The van der Waals surface area contributed by atoms with Crippen molar-refractivity contribution in [2.45, 2.75) is 26.4 Å². The SMILES string of the molecule is CC(C)N(Cc1cccnc1)C(=O)/C=C/c1ccccc1. The van der Waals surface area contributed by atoms with E-state index >= 15 is 0 Å². The molecule has 1 heterocycles. The summed E-state index contributed by atoms with van der Waals surface area (Å²) in [6.45, 7) is 4.61. The fourth-order valence-corrected chi connectivity index (χ4v) is 2.03. The summed E-state index contributed by atoms with van der Waals surface area (Å²) in [5.74, 6) is 0.0118. The number of aromatic nitrogens is 1. The standard InChI is InChI=1S/C18H20N2O/c1-15(2)20(14-17-9-6-12-19-13-17)18(21)11-10-16-7-4-3-5-8-16/h3-13,15H,14H2,1-2H3/b11-10+. The molecule has 0 radical (unpaired) electrons. The molecular weight excluding hydrogens is 260 g/mol. The van der Waals surface area contributed by atoms with Gasteiger partial charge in [0.2, 0.25) is 5.91 Å². The van der Waals surface area contributed by atoms with E-state index < -0.39 is 0 Å². The molecule has 0 saturated heterocycles. The predicted molar refractivity (Wildman–Crippen MR) is 85.4 cm³/mol. The molecule has 1 aromatic heterocycles. The maximum absolute atomic E-state index is 12.4. The summed E-state index contributed by atoms with van der Waals surface area (Å²) in [6, 6.07) is 13.8. The molecule has 1 aromatic carbocycles. The van der Waals surface area contributed by atoms with Gasteiger partial charge in [-0.25, -0.2) is 0 Å². The fourth-order valence-electron chi connectivity index (χ4n) is 2.03. The summed E-state index contributed by atoms with van der Waals surface area (Å²) >= 11 is 0. The Bertz CT molecular complexity index is 591. The number of carbonyl (C=O) groups excluding carboxylic acids is 1. The van der Waals surface area contributed by atoms with Gasteiger partial charge < -0.3 is 4.90 Å². The van der Waals surface area contributed by atoms with Gasteiger partial charge in [0.05, 0.1) is 0 Å². The van der Waals surface area contributed by atoms with E-state index in [9.17, 15) is 4.79 Å². The fraction of sp³-hybridized carbons (Fsp3) is 0.222. The van der Waals surface area contributed by atoms with Crippen molar-refractivity contribution in [2.75, 3.05) is 0 Å². The van der Waals surface area contributed by atoms with Crippen LogP contribution in [-0.2, 0) is 11.3 Å². The van der Waals surface area contributed by atoms with Crippen LogP contribution in [0.5, 0.6) is 0 Å². The lowest BCUT2D eigenvalue weighted by molar-refractivity contribution is -0.128. The zero-order valence-corrected chi connectivity index (χ0v) is 12.4. The highest BCUT2D eigenvalue weighted by atomic mass is 16.2. The number of amides is 1. The van der Waals surface area contributed by atoms with Crippen LogP contribution in [0.3, 0.4) is 0 Å². The second-order valence-corrected chi connectivity index (χ2v) is 5.17. The van der Waals surface area contributed by atoms with E-state index in [-0.39, 0.29) is 11.9 Å². The van der Waals surface area contributed by atoms with Crippen molar-refractivity contribution in [1.82, 2.24) is 9.88 Å². The van der Waals surface area contributed by atoms with Crippen LogP contribution in [0.25, 0.3) is 6.08 Å². The molecule has 0 bridgehead atoms. The molecule has 1 amide bonds. The van der Waals surface area contributed by atoms with Crippen LogP contribution in [0.15, 0.2) is 60.9 Å². The van der Waals surface area contributed by atoms with Gasteiger partial charge >= 0.3 is 0 Å². The predicted octanol–water partition coefficient (Wildman–Crippen LogP) is 3.53. The molecule has 0 aliphatic carbocycles. The topological polar surface area (TPSA) is 33.2 Å². The van der Waals surface area contributed by atoms with Crippen molar-refractivity contribution >= 4 is 12.0 Å². The molecule has 2 aromatic rings. The summed E-state index contributed by atoms with van der Waals surface area (Å²) in [5, 5.41) is 0. The smallest absolute Gasteiger partial charge is 0.247 e. The highest BCUT2D eigenvalue weighted by Crippen LogP contribution is 2.09. The summed E-state index contributed by atoms with van der Waals surface area (Å²) < 4.78 is 0. The average molecular weight is 280 g/mol. The number of hydrogen-bond donors (Lipinski definition) is 0. The molecule has 0 N–H and O–H groups in total. The van der Waals surface area contributed by atoms with Crippen LogP contribution in [0.2, 0.25) is 0 Å². The van der Waals surface area contributed by atoms with E-state index in [4.69, 9.17) is 0 Å². The molecule has 0 fully saturated rings. The zero-order chi connectivity index (χ0) is 15.1. The molecule has 108 valence electrons. The van der Waals surface area contributed by atoms with E-state index in [1.165, 1.54) is 0 Å². The van der Waals surface area contributed by atoms with Crippen molar-refractivity contribution in [3.8, 4) is 0 Å². The van der Waals surface area contributed by atoms with E-state index in [1.54, 1.807) is 18.5 Å². The molecule has 0 atom stereocenters. The Morgan fingerprint density at radius 2 is 1.95 bits per heavy atom. The zero-order valence-electron chi connectivity index (χ0n) is 12.4. The molecule has 2 rings (SSSR count). The summed E-state index contributed by atoms with van der Waals surface area (Å²) in [6.07, 6.45) is 7.01. The Balaban J connectivity index is 2.08. The lowest BCUT2D eigenvalue weighted by Gasteiger charge is -2.25. The second-order valence-electron chi connectivity index (χ2n) is 5.17. The molecule has 0 unspecified atom stereocenters. The monoisotopic (exact) mass is 280 g/mol. The number of carbonyl (C=O) groups is 1. The van der Waals surface area contributed by atoms with Gasteiger partial charge in [0.1, 0.15) is 0 Å². The van der Waals surface area contributed by atoms with Gasteiger partial charge in [-0.05, 0) is 37.1 Å². The van der Waals surface area contributed by atoms with Crippen molar-refractivity contribution < 1.29 is 4.79 Å². The minimum atomic E-state index is 0.0118. The van der Waals surface area contributed by atoms with Gasteiger partial charge in [-0.15, -0.1) is 0 Å². The minimum Gasteiger partial charge on any atom is -0.332 e. The lowest BCUT2D eigenvalue weighted by Crippen LogP contribution is -2.35. The molecule has 0 spiro atoms. The first kappa shape index (κ1) is 15.0. The van der Waals surface area contributed by atoms with Crippen molar-refractivity contribution in [2.24, 2.45) is 0 Å². The van der Waals surface area contributed by atoms with Gasteiger partial charge in [0.15, 0.2) is 0 Å². The van der Waals surface area contributed by atoms with Crippen molar-refractivity contribution in [3.63, 3.8) is 0 Å². The Kier molecular flexibility index (Phi) is 5.27. The Morgan fingerprint density at radius 1 is 1.19 bits per heavy atom. The van der Waals surface area contributed by atoms with Crippen LogP contribution >= 0.6 is 0 Å². The highest BCUT2D eigenvalue weighted by molar-refractivity contribution is 5.91. The van der Waals surface area contributed by atoms with Gasteiger partial charge in [-0.3, -0.25) is 9.78 Å². The number of nitrogens with zero attached hydrogens (tertiary/aromatic N) is 2. The van der Waals surface area contributed by atoms with Crippen LogP contribution in [-0.4, -0.2) is 21.8 Å². The van der Waals surface area contributed by atoms with Crippen LogP contribution in [0.1, 0.15) is 25.0 Å². The normalized spacial score (nSPS) is 11.0.